The molecule has 0 spiro atoms. The van der Waals surface area contributed by atoms with Crippen molar-refractivity contribution >= 4 is 17.3 Å². The van der Waals surface area contributed by atoms with Crippen LogP contribution in [0.2, 0.25) is 0 Å². The number of nitrogens with two attached hydrogens (primary N) is 1. The molecule has 0 unspecified atom stereocenters. The minimum absolute atomic E-state index is 0.217. The molecule has 3 heteroatoms. The molecule has 3 N–H and O–H groups in total. The lowest BCUT2D eigenvalue weighted by Gasteiger charge is -1.85. The molecule has 0 heterocycles. The van der Waals surface area contributed by atoms with Crippen LogP contribution < -0.4 is 11.1 Å². The SMILES string of the molecule is CC#CNC(N)=S. The van der Waals surface area contributed by atoms with Crippen LogP contribution in [0.3, 0.4) is 0 Å². The lowest BCUT2D eigenvalue weighted by atomic mass is 10.8. The summed E-state index contributed by atoms with van der Waals surface area (Å²) in [6.45, 7) is 1.70. The molecule has 0 atom stereocenters. The Kier molecular flexibility index (Phi) is 3.07. The van der Waals surface area contributed by atoms with Gasteiger partial charge in [0.15, 0.2) is 5.11 Å². The van der Waals surface area contributed by atoms with Gasteiger partial charge in [0.05, 0.1) is 0 Å². The van der Waals surface area contributed by atoms with E-state index >= 15 is 0 Å². The zero-order valence-electron chi connectivity index (χ0n) is 3.99. The van der Waals surface area contributed by atoms with Crippen LogP contribution in [-0.2, 0) is 0 Å². The van der Waals surface area contributed by atoms with Crippen LogP contribution in [0.5, 0.6) is 0 Å². The monoisotopic (exact) mass is 114 g/mol. The molecule has 0 aliphatic carbocycles. The summed E-state index contributed by atoms with van der Waals surface area (Å²) >= 11 is 4.43. The highest BCUT2D eigenvalue weighted by molar-refractivity contribution is 7.80. The fraction of sp³-hybridized carbons (Fsp3) is 0.250. The van der Waals surface area contributed by atoms with Crippen molar-refractivity contribution in [2.75, 3.05) is 0 Å². The molecule has 0 aliphatic heterocycles. The molecule has 0 saturated heterocycles. The first-order valence-corrected chi connectivity index (χ1v) is 2.15. The fourth-order valence-corrected chi connectivity index (χ4v) is 0.175. The minimum Gasteiger partial charge on any atom is -0.376 e. The molecule has 0 amide bonds. The zero-order valence-corrected chi connectivity index (χ0v) is 4.80. The predicted molar refractivity (Wildman–Crippen MR) is 33.4 cm³/mol. The highest BCUT2D eigenvalue weighted by atomic mass is 32.1. The molecule has 0 saturated carbocycles. The molecule has 0 rings (SSSR count). The smallest absolute Gasteiger partial charge is 0.175 e. The fourth-order valence-electron chi connectivity index (χ4n) is 0.124. The summed E-state index contributed by atoms with van der Waals surface area (Å²) in [7, 11) is 0. The minimum atomic E-state index is 0.217. The van der Waals surface area contributed by atoms with Crippen LogP contribution in [0.25, 0.3) is 0 Å². The summed E-state index contributed by atoms with van der Waals surface area (Å²) in [4.78, 5) is 0. The maximum Gasteiger partial charge on any atom is 0.175 e. The van der Waals surface area contributed by atoms with Crippen LogP contribution >= 0.6 is 12.2 Å². The summed E-state index contributed by atoms with van der Waals surface area (Å²) in [5, 5.41) is 2.66. The van der Waals surface area contributed by atoms with E-state index in [4.69, 9.17) is 5.73 Å². The van der Waals surface area contributed by atoms with Gasteiger partial charge in [0.1, 0.15) is 0 Å². The third-order valence-corrected chi connectivity index (χ3v) is 0.413. The lowest BCUT2D eigenvalue weighted by molar-refractivity contribution is 1.35. The van der Waals surface area contributed by atoms with Gasteiger partial charge >= 0.3 is 0 Å². The third-order valence-electron chi connectivity index (χ3n) is 0.311. The van der Waals surface area contributed by atoms with E-state index in [0.29, 0.717) is 0 Å². The summed E-state index contributed by atoms with van der Waals surface area (Å²) < 4.78 is 0. The maximum absolute atomic E-state index is 5.00. The van der Waals surface area contributed by atoms with Crippen molar-refractivity contribution in [1.82, 2.24) is 5.32 Å². The molecule has 0 aromatic carbocycles. The van der Waals surface area contributed by atoms with Crippen LogP contribution in [0.1, 0.15) is 6.92 Å². The van der Waals surface area contributed by atoms with Gasteiger partial charge in [-0.25, -0.2) is 0 Å². The molecular weight excluding hydrogens is 108 g/mol. The standard InChI is InChI=1S/C4H6N2S/c1-2-3-6-4(5)7/h1H3,(H3,5,6,7). The van der Waals surface area contributed by atoms with Gasteiger partial charge in [0.25, 0.3) is 0 Å². The Morgan fingerprint density at radius 1 is 1.86 bits per heavy atom. The zero-order chi connectivity index (χ0) is 5.70. The van der Waals surface area contributed by atoms with Crippen LogP contribution in [0, 0.1) is 12.0 Å². The number of rotatable bonds is 0. The first kappa shape index (κ1) is 6.25. The number of hydrogen-bond acceptors (Lipinski definition) is 1. The Balaban J connectivity index is 3.26. The average molecular weight is 114 g/mol. The van der Waals surface area contributed by atoms with Crippen molar-refractivity contribution in [3.8, 4) is 12.0 Å². The molecule has 0 aromatic rings. The maximum atomic E-state index is 5.00. The summed E-state index contributed by atoms with van der Waals surface area (Å²) in [6.07, 6.45) is 0. The number of thiocarbonyl (C=S) groups is 1. The predicted octanol–water partition coefficient (Wildman–Crippen LogP) is -0.200. The summed E-state index contributed by atoms with van der Waals surface area (Å²) in [5.74, 6) is 2.57. The van der Waals surface area contributed by atoms with Gasteiger partial charge in [0, 0.05) is 6.04 Å². The summed E-state index contributed by atoms with van der Waals surface area (Å²) in [5.41, 5.74) is 5.00. The van der Waals surface area contributed by atoms with E-state index in [2.05, 4.69) is 29.5 Å². The van der Waals surface area contributed by atoms with Crippen molar-refractivity contribution in [3.05, 3.63) is 0 Å². The number of nitrogens with one attached hydrogen (secondary N) is 1. The van der Waals surface area contributed by atoms with Crippen molar-refractivity contribution in [2.24, 2.45) is 5.73 Å². The van der Waals surface area contributed by atoms with E-state index in [9.17, 15) is 0 Å². The van der Waals surface area contributed by atoms with Gasteiger partial charge in [-0.3, -0.25) is 5.32 Å². The molecule has 7 heavy (non-hydrogen) atoms. The quantitative estimate of drug-likeness (QED) is 0.260. The Hall–Kier alpha value is -0.750. The van der Waals surface area contributed by atoms with Crippen molar-refractivity contribution in [1.29, 1.82) is 0 Å². The van der Waals surface area contributed by atoms with Gasteiger partial charge in [-0.05, 0) is 19.1 Å². The van der Waals surface area contributed by atoms with E-state index in [-0.39, 0.29) is 5.11 Å². The molecule has 38 valence electrons. The van der Waals surface area contributed by atoms with E-state index in [1.165, 1.54) is 0 Å². The number of hydrogen-bond donors (Lipinski definition) is 2. The van der Waals surface area contributed by atoms with Gasteiger partial charge in [-0.1, -0.05) is 5.92 Å². The topological polar surface area (TPSA) is 38.0 Å². The molecule has 0 fully saturated rings. The molecule has 0 radical (unpaired) electrons. The van der Waals surface area contributed by atoms with E-state index in [0.717, 1.165) is 0 Å². The Morgan fingerprint density at radius 2 is 2.43 bits per heavy atom. The molecule has 0 aromatic heterocycles. The van der Waals surface area contributed by atoms with Gasteiger partial charge < -0.3 is 5.73 Å². The largest absolute Gasteiger partial charge is 0.376 e. The van der Waals surface area contributed by atoms with E-state index in [1.54, 1.807) is 6.92 Å². The molecule has 0 bridgehead atoms. The second kappa shape index (κ2) is 3.44. The second-order valence-corrected chi connectivity index (χ2v) is 1.30. The first-order chi connectivity index (χ1) is 3.27. The van der Waals surface area contributed by atoms with Crippen molar-refractivity contribution in [2.45, 2.75) is 6.92 Å². The highest BCUT2D eigenvalue weighted by Gasteiger charge is 1.71. The van der Waals surface area contributed by atoms with Crippen LogP contribution in [0.4, 0.5) is 0 Å². The van der Waals surface area contributed by atoms with Gasteiger partial charge in [-0.2, -0.15) is 0 Å². The van der Waals surface area contributed by atoms with Crippen molar-refractivity contribution < 1.29 is 0 Å². The van der Waals surface area contributed by atoms with Crippen LogP contribution in [-0.4, -0.2) is 5.11 Å². The van der Waals surface area contributed by atoms with Gasteiger partial charge in [0.2, 0.25) is 0 Å². The third kappa shape index (κ3) is 5.25. The van der Waals surface area contributed by atoms with Crippen molar-refractivity contribution in [3.63, 3.8) is 0 Å². The molecule has 0 aliphatic rings. The Labute approximate surface area is 48.1 Å². The average Bonchev–Trinajstić information content (AvgIpc) is 1.61. The van der Waals surface area contributed by atoms with Crippen LogP contribution in [0.15, 0.2) is 0 Å². The van der Waals surface area contributed by atoms with Gasteiger partial charge in [-0.15, -0.1) is 0 Å². The Morgan fingerprint density at radius 3 is 2.57 bits per heavy atom. The highest BCUT2D eigenvalue weighted by Crippen LogP contribution is 1.50. The van der Waals surface area contributed by atoms with E-state index in [1.807, 2.05) is 0 Å². The normalized spacial score (nSPS) is 5.86. The molecular formula is C4H6N2S. The second-order valence-electron chi connectivity index (χ2n) is 0.864. The summed E-state index contributed by atoms with van der Waals surface area (Å²) in [6, 6.07) is 2.48. The lowest BCUT2D eigenvalue weighted by Crippen LogP contribution is -2.23. The first-order valence-electron chi connectivity index (χ1n) is 1.74. The van der Waals surface area contributed by atoms with E-state index < -0.39 is 0 Å². The Bertz CT molecular complexity index is 119. The molecule has 2 nitrogen and oxygen atoms in total.